The minimum absolute atomic E-state index is 0.183. The maximum atomic E-state index is 11.9. The Balaban J connectivity index is 1.47. The molecule has 2 fully saturated rings. The quantitative estimate of drug-likeness (QED) is 0.856. The molecule has 2 aliphatic heterocycles. The molecule has 1 amide bonds. The summed E-state index contributed by atoms with van der Waals surface area (Å²) in [6.07, 6.45) is 6.03. The fourth-order valence-corrected chi connectivity index (χ4v) is 4.06. The zero-order valence-electron chi connectivity index (χ0n) is 13.9. The molecule has 0 bridgehead atoms. The summed E-state index contributed by atoms with van der Waals surface area (Å²) in [6.45, 7) is 4.19. The SMILES string of the molecule is CC(=O)N1CCC[C@H]1[C@H]1CCCN1Cc1nnc(-c2ccco2)o1. The summed E-state index contributed by atoms with van der Waals surface area (Å²) in [6, 6.07) is 4.30. The normalized spacial score (nSPS) is 24.8. The molecule has 2 aromatic heterocycles. The van der Waals surface area contributed by atoms with Gasteiger partial charge in [0.05, 0.1) is 12.8 Å². The number of likely N-dealkylation sites (tertiary alicyclic amines) is 2. The van der Waals surface area contributed by atoms with Crippen molar-refractivity contribution in [2.75, 3.05) is 13.1 Å². The van der Waals surface area contributed by atoms with E-state index in [0.717, 1.165) is 38.8 Å². The van der Waals surface area contributed by atoms with Crippen LogP contribution in [0.3, 0.4) is 0 Å². The average Bonchev–Trinajstić information content (AvgIpc) is 3.35. The predicted molar refractivity (Wildman–Crippen MR) is 85.8 cm³/mol. The van der Waals surface area contributed by atoms with Crippen LogP contribution in [0.5, 0.6) is 0 Å². The van der Waals surface area contributed by atoms with E-state index in [-0.39, 0.29) is 5.91 Å². The molecule has 4 heterocycles. The van der Waals surface area contributed by atoms with E-state index < -0.39 is 0 Å². The van der Waals surface area contributed by atoms with Crippen LogP contribution in [0.4, 0.5) is 0 Å². The molecule has 24 heavy (non-hydrogen) atoms. The van der Waals surface area contributed by atoms with Gasteiger partial charge < -0.3 is 13.7 Å². The third-order valence-electron chi connectivity index (χ3n) is 5.10. The molecule has 0 N–H and O–H groups in total. The van der Waals surface area contributed by atoms with Gasteiger partial charge in [-0.1, -0.05) is 0 Å². The van der Waals surface area contributed by atoms with Crippen molar-refractivity contribution in [2.45, 2.75) is 51.2 Å². The number of aromatic nitrogens is 2. The molecule has 7 heteroatoms. The lowest BCUT2D eigenvalue weighted by Gasteiger charge is -2.33. The Bertz CT molecular complexity index is 697. The van der Waals surface area contributed by atoms with Gasteiger partial charge in [-0.15, -0.1) is 10.2 Å². The van der Waals surface area contributed by atoms with E-state index >= 15 is 0 Å². The topological polar surface area (TPSA) is 75.6 Å². The van der Waals surface area contributed by atoms with E-state index in [1.807, 2.05) is 4.90 Å². The number of carbonyl (C=O) groups excluding carboxylic acids is 1. The van der Waals surface area contributed by atoms with Gasteiger partial charge in [0.2, 0.25) is 11.8 Å². The molecule has 4 rings (SSSR count). The van der Waals surface area contributed by atoms with Crippen molar-refractivity contribution in [1.82, 2.24) is 20.0 Å². The highest BCUT2D eigenvalue weighted by molar-refractivity contribution is 5.74. The number of furan rings is 1. The monoisotopic (exact) mass is 330 g/mol. The minimum atomic E-state index is 0.183. The third kappa shape index (κ3) is 2.84. The molecule has 0 aromatic carbocycles. The Morgan fingerprint density at radius 1 is 1.25 bits per heavy atom. The molecule has 2 aliphatic rings. The summed E-state index contributed by atoms with van der Waals surface area (Å²) < 4.78 is 11.0. The zero-order chi connectivity index (χ0) is 16.5. The molecule has 2 atom stereocenters. The first kappa shape index (κ1) is 15.4. The van der Waals surface area contributed by atoms with Crippen molar-refractivity contribution in [2.24, 2.45) is 0 Å². The van der Waals surface area contributed by atoms with E-state index in [1.165, 1.54) is 0 Å². The second kappa shape index (κ2) is 6.39. The second-order valence-electron chi connectivity index (χ2n) is 6.58. The number of rotatable bonds is 4. The van der Waals surface area contributed by atoms with E-state index in [4.69, 9.17) is 8.83 Å². The summed E-state index contributed by atoms with van der Waals surface area (Å²) in [5.41, 5.74) is 0. The standard InChI is InChI=1S/C17H22N4O3/c1-12(22)21-9-3-6-14(21)13-5-2-8-20(13)11-16-18-19-17(24-16)15-7-4-10-23-15/h4,7,10,13-14H,2-3,5-6,8-9,11H2,1H3/t13-,14+/m1/s1. The highest BCUT2D eigenvalue weighted by Crippen LogP contribution is 2.31. The van der Waals surface area contributed by atoms with Gasteiger partial charge in [-0.3, -0.25) is 9.69 Å². The highest BCUT2D eigenvalue weighted by atomic mass is 16.4. The summed E-state index contributed by atoms with van der Waals surface area (Å²) in [7, 11) is 0. The largest absolute Gasteiger partial charge is 0.459 e. The van der Waals surface area contributed by atoms with Crippen LogP contribution in [0.15, 0.2) is 27.2 Å². The predicted octanol–water partition coefficient (Wildman–Crippen LogP) is 2.30. The maximum Gasteiger partial charge on any atom is 0.283 e. The smallest absolute Gasteiger partial charge is 0.283 e. The number of hydrogen-bond acceptors (Lipinski definition) is 6. The van der Waals surface area contributed by atoms with Crippen LogP contribution in [0, 0.1) is 0 Å². The van der Waals surface area contributed by atoms with Crippen LogP contribution in [0.25, 0.3) is 11.7 Å². The molecular weight excluding hydrogens is 308 g/mol. The van der Waals surface area contributed by atoms with E-state index in [0.29, 0.717) is 36.2 Å². The first-order valence-corrected chi connectivity index (χ1v) is 8.60. The molecule has 0 unspecified atom stereocenters. The Hall–Kier alpha value is -2.15. The molecule has 2 aromatic rings. The first-order valence-electron chi connectivity index (χ1n) is 8.60. The fraction of sp³-hybridized carbons (Fsp3) is 0.588. The van der Waals surface area contributed by atoms with E-state index in [1.54, 1.807) is 25.3 Å². The Morgan fingerprint density at radius 3 is 2.88 bits per heavy atom. The highest BCUT2D eigenvalue weighted by Gasteiger charge is 2.39. The molecule has 0 saturated carbocycles. The molecule has 0 aliphatic carbocycles. The molecule has 0 spiro atoms. The second-order valence-corrected chi connectivity index (χ2v) is 6.58. The molecule has 2 saturated heterocycles. The lowest BCUT2D eigenvalue weighted by molar-refractivity contribution is -0.130. The molecule has 0 radical (unpaired) electrons. The van der Waals surface area contributed by atoms with Gasteiger partial charge in [0.1, 0.15) is 0 Å². The fourth-order valence-electron chi connectivity index (χ4n) is 4.06. The van der Waals surface area contributed by atoms with Crippen LogP contribution in [0.1, 0.15) is 38.5 Å². The third-order valence-corrected chi connectivity index (χ3v) is 5.10. The van der Waals surface area contributed by atoms with E-state index in [9.17, 15) is 4.79 Å². The maximum absolute atomic E-state index is 11.9. The Labute approximate surface area is 140 Å². The van der Waals surface area contributed by atoms with Crippen molar-refractivity contribution in [1.29, 1.82) is 0 Å². The first-order chi connectivity index (χ1) is 11.7. The van der Waals surface area contributed by atoms with Crippen LogP contribution >= 0.6 is 0 Å². The van der Waals surface area contributed by atoms with Crippen LogP contribution in [-0.2, 0) is 11.3 Å². The van der Waals surface area contributed by atoms with Crippen molar-refractivity contribution in [3.63, 3.8) is 0 Å². The average molecular weight is 330 g/mol. The summed E-state index contributed by atoms with van der Waals surface area (Å²) >= 11 is 0. The van der Waals surface area contributed by atoms with Crippen molar-refractivity contribution in [3.8, 4) is 11.7 Å². The lowest BCUT2D eigenvalue weighted by Crippen LogP contribution is -2.47. The number of hydrogen-bond donors (Lipinski definition) is 0. The minimum Gasteiger partial charge on any atom is -0.459 e. The summed E-state index contributed by atoms with van der Waals surface area (Å²) in [5.74, 6) is 1.78. The van der Waals surface area contributed by atoms with Crippen LogP contribution < -0.4 is 0 Å². The Kier molecular flexibility index (Phi) is 4.10. The van der Waals surface area contributed by atoms with Gasteiger partial charge in [0.15, 0.2) is 5.76 Å². The van der Waals surface area contributed by atoms with Gasteiger partial charge in [-0.05, 0) is 44.4 Å². The number of carbonyl (C=O) groups is 1. The van der Waals surface area contributed by atoms with Crippen molar-refractivity contribution < 1.29 is 13.6 Å². The van der Waals surface area contributed by atoms with Crippen molar-refractivity contribution in [3.05, 3.63) is 24.3 Å². The van der Waals surface area contributed by atoms with Gasteiger partial charge in [-0.2, -0.15) is 0 Å². The molecule has 7 nitrogen and oxygen atoms in total. The van der Waals surface area contributed by atoms with Crippen LogP contribution in [0.2, 0.25) is 0 Å². The van der Waals surface area contributed by atoms with E-state index in [2.05, 4.69) is 15.1 Å². The Morgan fingerprint density at radius 2 is 2.08 bits per heavy atom. The van der Waals surface area contributed by atoms with Gasteiger partial charge in [-0.25, -0.2) is 0 Å². The summed E-state index contributed by atoms with van der Waals surface area (Å²) in [4.78, 5) is 16.3. The molecule has 128 valence electrons. The van der Waals surface area contributed by atoms with Gasteiger partial charge in [0, 0.05) is 25.6 Å². The van der Waals surface area contributed by atoms with Crippen LogP contribution in [-0.4, -0.2) is 51.1 Å². The summed E-state index contributed by atoms with van der Waals surface area (Å²) in [5, 5.41) is 8.22. The number of amides is 1. The molecular formula is C17H22N4O3. The zero-order valence-corrected chi connectivity index (χ0v) is 13.9. The number of nitrogens with zero attached hydrogens (tertiary/aromatic N) is 4. The van der Waals surface area contributed by atoms with Gasteiger partial charge in [0.25, 0.3) is 5.89 Å². The van der Waals surface area contributed by atoms with Gasteiger partial charge >= 0.3 is 0 Å². The lowest BCUT2D eigenvalue weighted by atomic mass is 10.0. The van der Waals surface area contributed by atoms with Crippen molar-refractivity contribution >= 4 is 5.91 Å².